The van der Waals surface area contributed by atoms with Crippen molar-refractivity contribution in [2.75, 3.05) is 25.0 Å². The number of carbonyl (C=O) groups is 2. The number of rotatable bonds is 4. The molecule has 1 fully saturated rings. The summed E-state index contributed by atoms with van der Waals surface area (Å²) in [5, 5.41) is 14.4. The summed E-state index contributed by atoms with van der Waals surface area (Å²) in [5.74, 6) is -1.07. The number of likely N-dealkylation sites (N-methyl/N-ethyl adjacent to an activating group) is 1. The van der Waals surface area contributed by atoms with Crippen LogP contribution >= 0.6 is 0 Å². The van der Waals surface area contributed by atoms with Gasteiger partial charge in [-0.3, -0.25) is 4.98 Å². The predicted molar refractivity (Wildman–Crippen MR) is 78.5 cm³/mol. The van der Waals surface area contributed by atoms with Crippen LogP contribution in [0.5, 0.6) is 0 Å². The summed E-state index contributed by atoms with van der Waals surface area (Å²) in [7, 11) is 0. The first-order valence-electron chi connectivity index (χ1n) is 7.06. The fourth-order valence-electron chi connectivity index (χ4n) is 2.44. The molecule has 1 aromatic rings. The third-order valence-corrected chi connectivity index (χ3v) is 3.53. The monoisotopic (exact) mass is 292 g/mol. The summed E-state index contributed by atoms with van der Waals surface area (Å²) >= 11 is 0. The smallest absolute Gasteiger partial charge is 0.337 e. The third-order valence-electron chi connectivity index (χ3n) is 3.53. The Morgan fingerprint density at radius 3 is 3.00 bits per heavy atom. The van der Waals surface area contributed by atoms with Crippen LogP contribution in [0.4, 0.5) is 10.5 Å². The molecule has 1 aliphatic heterocycles. The van der Waals surface area contributed by atoms with Gasteiger partial charge in [-0.15, -0.1) is 0 Å². The second-order valence-electron chi connectivity index (χ2n) is 5.10. The maximum Gasteiger partial charge on any atom is 0.337 e. The minimum absolute atomic E-state index is 0.0441. The Labute approximate surface area is 123 Å². The number of carboxylic acid groups (broad SMARTS) is 1. The lowest BCUT2D eigenvalue weighted by Gasteiger charge is -2.32. The largest absolute Gasteiger partial charge is 0.478 e. The molecular formula is C14H20N4O3. The molecule has 2 amide bonds. The highest BCUT2D eigenvalue weighted by Crippen LogP contribution is 2.11. The Morgan fingerprint density at radius 2 is 2.29 bits per heavy atom. The van der Waals surface area contributed by atoms with Crippen molar-refractivity contribution in [1.82, 2.24) is 15.2 Å². The number of nitrogens with zero attached hydrogens (tertiary/aromatic N) is 2. The number of hydrogen-bond donors (Lipinski definition) is 3. The van der Waals surface area contributed by atoms with Gasteiger partial charge in [-0.05, 0) is 32.0 Å². The summed E-state index contributed by atoms with van der Waals surface area (Å²) in [6.45, 7) is 4.99. The van der Waals surface area contributed by atoms with Crippen molar-refractivity contribution >= 4 is 17.7 Å². The lowest BCUT2D eigenvalue weighted by molar-refractivity contribution is 0.0696. The van der Waals surface area contributed by atoms with Crippen LogP contribution in [0, 0.1) is 0 Å². The Morgan fingerprint density at radius 1 is 1.48 bits per heavy atom. The Bertz CT molecular complexity index is 521. The molecule has 1 aliphatic rings. The molecule has 1 atom stereocenters. The fraction of sp³-hybridized carbons (Fsp3) is 0.500. The number of pyridine rings is 1. The van der Waals surface area contributed by atoms with Crippen LogP contribution < -0.4 is 10.6 Å². The second-order valence-corrected chi connectivity index (χ2v) is 5.10. The number of anilines is 1. The van der Waals surface area contributed by atoms with Crippen molar-refractivity contribution in [1.29, 1.82) is 0 Å². The summed E-state index contributed by atoms with van der Waals surface area (Å²) in [6.07, 6.45) is 4.68. The topological polar surface area (TPSA) is 94.6 Å². The van der Waals surface area contributed by atoms with Crippen LogP contribution in [-0.2, 0) is 0 Å². The highest BCUT2D eigenvalue weighted by Gasteiger charge is 2.20. The zero-order valence-corrected chi connectivity index (χ0v) is 12.0. The predicted octanol–water partition coefficient (Wildman–Crippen LogP) is 1.39. The van der Waals surface area contributed by atoms with Gasteiger partial charge in [-0.1, -0.05) is 6.92 Å². The maximum atomic E-state index is 11.9. The first-order chi connectivity index (χ1) is 10.1. The van der Waals surface area contributed by atoms with Crippen molar-refractivity contribution in [3.63, 3.8) is 0 Å². The zero-order valence-electron chi connectivity index (χ0n) is 12.0. The summed E-state index contributed by atoms with van der Waals surface area (Å²) in [6, 6.07) is 1.17. The van der Waals surface area contributed by atoms with Crippen molar-refractivity contribution in [2.45, 2.75) is 25.8 Å². The van der Waals surface area contributed by atoms with Gasteiger partial charge in [0.2, 0.25) is 0 Å². The molecule has 1 aromatic heterocycles. The second kappa shape index (κ2) is 7.03. The molecule has 1 saturated heterocycles. The van der Waals surface area contributed by atoms with Gasteiger partial charge in [0, 0.05) is 18.8 Å². The van der Waals surface area contributed by atoms with Crippen LogP contribution in [0.3, 0.4) is 0 Å². The lowest BCUT2D eigenvalue weighted by atomic mass is 10.1. The number of amides is 2. The van der Waals surface area contributed by atoms with E-state index in [-0.39, 0.29) is 17.6 Å². The number of nitrogens with one attached hydrogen (secondary N) is 2. The standard InChI is InChI=1S/C14H20N4O3/c1-2-18-5-3-4-11(9-18)16-14(21)17-12-6-10(13(19)20)7-15-8-12/h6-8,11H,2-5,9H2,1H3,(H,19,20)(H2,16,17,21). The number of urea groups is 1. The molecular weight excluding hydrogens is 272 g/mol. The minimum atomic E-state index is -1.07. The molecule has 21 heavy (non-hydrogen) atoms. The van der Waals surface area contributed by atoms with E-state index < -0.39 is 5.97 Å². The third kappa shape index (κ3) is 4.42. The van der Waals surface area contributed by atoms with E-state index in [9.17, 15) is 9.59 Å². The number of hydrogen-bond acceptors (Lipinski definition) is 4. The molecule has 2 heterocycles. The van der Waals surface area contributed by atoms with Gasteiger partial charge in [0.05, 0.1) is 17.4 Å². The highest BCUT2D eigenvalue weighted by molar-refractivity contribution is 5.92. The first-order valence-corrected chi connectivity index (χ1v) is 7.06. The van der Waals surface area contributed by atoms with Gasteiger partial charge >= 0.3 is 12.0 Å². The molecule has 0 radical (unpaired) electrons. The average molecular weight is 292 g/mol. The van der Waals surface area contributed by atoms with Crippen LogP contribution in [0.15, 0.2) is 18.5 Å². The molecule has 1 unspecified atom stereocenters. The van der Waals surface area contributed by atoms with E-state index in [0.717, 1.165) is 32.5 Å². The first kappa shape index (κ1) is 15.2. The molecule has 0 spiro atoms. The van der Waals surface area contributed by atoms with Gasteiger partial charge in [0.1, 0.15) is 0 Å². The van der Waals surface area contributed by atoms with Gasteiger partial charge in [0.15, 0.2) is 0 Å². The van der Waals surface area contributed by atoms with Crippen LogP contribution in [0.1, 0.15) is 30.1 Å². The highest BCUT2D eigenvalue weighted by atomic mass is 16.4. The molecule has 7 nitrogen and oxygen atoms in total. The lowest BCUT2D eigenvalue weighted by Crippen LogP contribution is -2.48. The number of aromatic carboxylic acids is 1. The number of aromatic nitrogens is 1. The molecule has 0 aromatic carbocycles. The Hall–Kier alpha value is -2.15. The van der Waals surface area contributed by atoms with Crippen LogP contribution in [-0.4, -0.2) is 52.7 Å². The van der Waals surface area contributed by atoms with E-state index in [4.69, 9.17) is 5.11 Å². The number of likely N-dealkylation sites (tertiary alicyclic amines) is 1. The molecule has 7 heteroatoms. The van der Waals surface area contributed by atoms with Crippen LogP contribution in [0.2, 0.25) is 0 Å². The summed E-state index contributed by atoms with van der Waals surface area (Å²) in [5.41, 5.74) is 0.415. The van der Waals surface area contributed by atoms with E-state index in [2.05, 4.69) is 27.4 Å². The molecule has 114 valence electrons. The SMILES string of the molecule is CCN1CCCC(NC(=O)Nc2cncc(C(=O)O)c2)C1. The van der Waals surface area contributed by atoms with Gasteiger partial charge < -0.3 is 20.6 Å². The zero-order chi connectivity index (χ0) is 15.2. The van der Waals surface area contributed by atoms with E-state index >= 15 is 0 Å². The summed E-state index contributed by atoms with van der Waals surface area (Å²) < 4.78 is 0. The quantitative estimate of drug-likeness (QED) is 0.779. The number of piperidine rings is 1. The molecule has 0 bridgehead atoms. The number of carboxylic acids is 1. The normalized spacial score (nSPS) is 19.0. The van der Waals surface area contributed by atoms with Crippen molar-refractivity contribution in [2.24, 2.45) is 0 Å². The van der Waals surface area contributed by atoms with Gasteiger partial charge in [0.25, 0.3) is 0 Å². The van der Waals surface area contributed by atoms with E-state index in [0.29, 0.717) is 5.69 Å². The minimum Gasteiger partial charge on any atom is -0.478 e. The van der Waals surface area contributed by atoms with Crippen molar-refractivity contribution < 1.29 is 14.7 Å². The maximum absolute atomic E-state index is 11.9. The van der Waals surface area contributed by atoms with Crippen molar-refractivity contribution in [3.8, 4) is 0 Å². The van der Waals surface area contributed by atoms with E-state index in [1.807, 2.05) is 0 Å². The molecule has 0 aliphatic carbocycles. The average Bonchev–Trinajstić information content (AvgIpc) is 2.47. The Kier molecular flexibility index (Phi) is 5.10. The van der Waals surface area contributed by atoms with Crippen molar-refractivity contribution in [3.05, 3.63) is 24.0 Å². The van der Waals surface area contributed by atoms with Crippen LogP contribution in [0.25, 0.3) is 0 Å². The van der Waals surface area contributed by atoms with Gasteiger partial charge in [-0.2, -0.15) is 0 Å². The number of carbonyl (C=O) groups excluding carboxylic acids is 1. The van der Waals surface area contributed by atoms with Gasteiger partial charge in [-0.25, -0.2) is 9.59 Å². The van der Waals surface area contributed by atoms with E-state index in [1.165, 1.54) is 18.5 Å². The fourth-order valence-corrected chi connectivity index (χ4v) is 2.44. The Balaban J connectivity index is 1.89. The molecule has 2 rings (SSSR count). The molecule has 3 N–H and O–H groups in total. The van der Waals surface area contributed by atoms with E-state index in [1.54, 1.807) is 0 Å². The molecule has 0 saturated carbocycles. The summed E-state index contributed by atoms with van der Waals surface area (Å²) in [4.78, 5) is 28.9.